The second-order valence-electron chi connectivity index (χ2n) is 6.26. The molecule has 1 fully saturated rings. The van der Waals surface area contributed by atoms with Gasteiger partial charge >= 0.3 is 6.03 Å². The van der Waals surface area contributed by atoms with Crippen molar-refractivity contribution in [2.75, 3.05) is 26.7 Å². The van der Waals surface area contributed by atoms with Crippen LogP contribution in [0.25, 0.3) is 0 Å². The molecule has 0 aromatic carbocycles. The van der Waals surface area contributed by atoms with Crippen molar-refractivity contribution in [2.24, 2.45) is 0 Å². The first-order valence-corrected chi connectivity index (χ1v) is 8.57. The summed E-state index contributed by atoms with van der Waals surface area (Å²) < 4.78 is 7.76. The molecule has 1 aromatic rings. The molecule has 2 aliphatic heterocycles. The highest BCUT2D eigenvalue weighted by Gasteiger charge is 2.25. The Hall–Kier alpha value is -1.60. The Morgan fingerprint density at radius 1 is 1.39 bits per heavy atom. The van der Waals surface area contributed by atoms with Gasteiger partial charge in [-0.25, -0.2) is 4.79 Å². The van der Waals surface area contributed by atoms with Crippen molar-refractivity contribution < 1.29 is 9.53 Å². The molecule has 2 amide bonds. The molecule has 0 spiro atoms. The smallest absolute Gasteiger partial charge is 0.314 e. The summed E-state index contributed by atoms with van der Waals surface area (Å²) in [6.07, 6.45) is 2.94. The first-order chi connectivity index (χ1) is 11.2. The van der Waals surface area contributed by atoms with Crippen molar-refractivity contribution in [3.63, 3.8) is 0 Å². The number of nitrogens with zero attached hydrogens (tertiary/aromatic N) is 3. The van der Waals surface area contributed by atoms with E-state index in [1.165, 1.54) is 17.0 Å². The molecule has 1 saturated heterocycles. The molecule has 0 saturated carbocycles. The Morgan fingerprint density at radius 3 is 2.87 bits per heavy atom. The number of likely N-dealkylation sites (tertiary alicyclic amines) is 1. The molecule has 128 valence electrons. The minimum absolute atomic E-state index is 0.0867. The first-order valence-electron chi connectivity index (χ1n) is 8.57. The second-order valence-corrected chi connectivity index (χ2v) is 6.26. The van der Waals surface area contributed by atoms with E-state index in [0.29, 0.717) is 6.61 Å². The lowest BCUT2D eigenvalue weighted by molar-refractivity contribution is 0.107. The fraction of sp³-hybridized carbons (Fsp3) is 0.750. The van der Waals surface area contributed by atoms with E-state index in [0.717, 1.165) is 52.0 Å². The van der Waals surface area contributed by atoms with Crippen LogP contribution >= 0.6 is 0 Å². The Bertz CT molecular complexity index is 549. The number of urea groups is 1. The average Bonchev–Trinajstić information content (AvgIpc) is 2.94. The van der Waals surface area contributed by atoms with Crippen LogP contribution in [0.15, 0.2) is 0 Å². The number of carbonyl (C=O) groups excluding carboxylic acids is 1. The zero-order valence-corrected chi connectivity index (χ0v) is 14.1. The van der Waals surface area contributed by atoms with Gasteiger partial charge in [0.1, 0.15) is 0 Å². The summed E-state index contributed by atoms with van der Waals surface area (Å²) in [6.45, 7) is 7.41. The molecule has 7 heteroatoms. The Kier molecular flexibility index (Phi) is 5.17. The van der Waals surface area contributed by atoms with E-state index < -0.39 is 0 Å². The minimum atomic E-state index is -0.0867. The minimum Gasteiger partial charge on any atom is -0.376 e. The maximum absolute atomic E-state index is 11.4. The summed E-state index contributed by atoms with van der Waals surface area (Å²) in [5, 5.41) is 10.4. The molecule has 0 atom stereocenters. The number of amides is 2. The van der Waals surface area contributed by atoms with Gasteiger partial charge in [0, 0.05) is 56.9 Å². The van der Waals surface area contributed by atoms with Gasteiger partial charge in [0.2, 0.25) is 0 Å². The standard InChI is InChI=1S/C16H27N5O2/c1-3-21-15-6-9-23-11-13(15)14(19-21)10-20-7-4-12(5-8-20)18-16(22)17-2/h12H,3-11H2,1-2H3,(H2,17,18,22). The Morgan fingerprint density at radius 2 is 2.17 bits per heavy atom. The summed E-state index contributed by atoms with van der Waals surface area (Å²) in [5.41, 5.74) is 3.81. The molecule has 0 unspecified atom stereocenters. The molecule has 0 bridgehead atoms. The van der Waals surface area contributed by atoms with Crippen molar-refractivity contribution >= 4 is 6.03 Å². The van der Waals surface area contributed by atoms with E-state index >= 15 is 0 Å². The molecule has 2 aliphatic rings. The van der Waals surface area contributed by atoms with Crippen molar-refractivity contribution in [1.82, 2.24) is 25.3 Å². The number of hydrogen-bond donors (Lipinski definition) is 2. The summed E-state index contributed by atoms with van der Waals surface area (Å²) >= 11 is 0. The van der Waals surface area contributed by atoms with E-state index in [4.69, 9.17) is 9.84 Å². The van der Waals surface area contributed by atoms with E-state index in [9.17, 15) is 4.79 Å². The van der Waals surface area contributed by atoms with Gasteiger partial charge < -0.3 is 15.4 Å². The fourth-order valence-corrected chi connectivity index (χ4v) is 3.47. The lowest BCUT2D eigenvalue weighted by atomic mass is 10.0. The highest BCUT2D eigenvalue weighted by atomic mass is 16.5. The number of piperidine rings is 1. The largest absolute Gasteiger partial charge is 0.376 e. The van der Waals surface area contributed by atoms with Gasteiger partial charge in [-0.3, -0.25) is 9.58 Å². The number of ether oxygens (including phenoxy) is 1. The maximum atomic E-state index is 11.4. The van der Waals surface area contributed by atoms with E-state index in [2.05, 4.69) is 27.1 Å². The molecule has 1 aromatic heterocycles. The molecule has 7 nitrogen and oxygen atoms in total. The second kappa shape index (κ2) is 7.31. The number of nitrogens with one attached hydrogen (secondary N) is 2. The number of rotatable bonds is 4. The summed E-state index contributed by atoms with van der Waals surface area (Å²) in [7, 11) is 1.65. The number of fused-ring (bicyclic) bond motifs is 1. The van der Waals surface area contributed by atoms with Crippen molar-refractivity contribution in [2.45, 2.75) is 51.9 Å². The maximum Gasteiger partial charge on any atom is 0.314 e. The SMILES string of the molecule is CCn1nc(CN2CCC(NC(=O)NC)CC2)c2c1CCOC2. The molecule has 0 radical (unpaired) electrons. The molecule has 23 heavy (non-hydrogen) atoms. The van der Waals surface area contributed by atoms with Crippen LogP contribution in [0, 0.1) is 0 Å². The van der Waals surface area contributed by atoms with Crippen LogP contribution in [0.2, 0.25) is 0 Å². The van der Waals surface area contributed by atoms with Crippen LogP contribution < -0.4 is 10.6 Å². The van der Waals surface area contributed by atoms with Gasteiger partial charge in [0.05, 0.1) is 18.9 Å². The Labute approximate surface area is 137 Å². The van der Waals surface area contributed by atoms with E-state index in [1.807, 2.05) is 0 Å². The van der Waals surface area contributed by atoms with Crippen LogP contribution in [-0.2, 0) is 30.9 Å². The fourth-order valence-electron chi connectivity index (χ4n) is 3.47. The predicted molar refractivity (Wildman–Crippen MR) is 87.2 cm³/mol. The highest BCUT2D eigenvalue weighted by Crippen LogP contribution is 2.23. The third kappa shape index (κ3) is 3.67. The van der Waals surface area contributed by atoms with E-state index in [1.54, 1.807) is 7.05 Å². The predicted octanol–water partition coefficient (Wildman–Crippen LogP) is 0.869. The molecule has 3 rings (SSSR count). The summed E-state index contributed by atoms with van der Waals surface area (Å²) in [4.78, 5) is 13.8. The van der Waals surface area contributed by atoms with Crippen LogP contribution in [-0.4, -0.2) is 53.5 Å². The number of hydrogen-bond acceptors (Lipinski definition) is 4. The lowest BCUT2D eigenvalue weighted by Gasteiger charge is -2.32. The van der Waals surface area contributed by atoms with Crippen molar-refractivity contribution in [3.8, 4) is 0 Å². The third-order valence-corrected chi connectivity index (χ3v) is 4.80. The van der Waals surface area contributed by atoms with Gasteiger partial charge in [-0.2, -0.15) is 5.10 Å². The lowest BCUT2D eigenvalue weighted by Crippen LogP contribution is -2.47. The van der Waals surface area contributed by atoms with Gasteiger partial charge in [-0.1, -0.05) is 0 Å². The van der Waals surface area contributed by atoms with Crippen LogP contribution in [0.5, 0.6) is 0 Å². The molecular formula is C16H27N5O2. The Balaban J connectivity index is 1.59. The van der Waals surface area contributed by atoms with Gasteiger partial charge in [-0.15, -0.1) is 0 Å². The first kappa shape index (κ1) is 16.3. The highest BCUT2D eigenvalue weighted by molar-refractivity contribution is 5.73. The van der Waals surface area contributed by atoms with E-state index in [-0.39, 0.29) is 12.1 Å². The molecule has 3 heterocycles. The summed E-state index contributed by atoms with van der Waals surface area (Å²) in [6, 6.07) is 0.188. The zero-order valence-electron chi connectivity index (χ0n) is 14.1. The molecule has 0 aliphatic carbocycles. The summed E-state index contributed by atoms with van der Waals surface area (Å²) in [5.74, 6) is 0. The number of aromatic nitrogens is 2. The van der Waals surface area contributed by atoms with Crippen LogP contribution in [0.3, 0.4) is 0 Å². The van der Waals surface area contributed by atoms with Gasteiger partial charge in [-0.05, 0) is 19.8 Å². The van der Waals surface area contributed by atoms with Crippen LogP contribution in [0.1, 0.15) is 36.7 Å². The normalized spacial score (nSPS) is 19.4. The topological polar surface area (TPSA) is 71.4 Å². The third-order valence-electron chi connectivity index (χ3n) is 4.80. The molecule has 2 N–H and O–H groups in total. The number of aryl methyl sites for hydroxylation is 1. The zero-order chi connectivity index (χ0) is 16.2. The van der Waals surface area contributed by atoms with Crippen LogP contribution in [0.4, 0.5) is 4.79 Å². The van der Waals surface area contributed by atoms with Crippen molar-refractivity contribution in [1.29, 1.82) is 0 Å². The van der Waals surface area contributed by atoms with Crippen molar-refractivity contribution in [3.05, 3.63) is 17.0 Å². The quantitative estimate of drug-likeness (QED) is 0.863. The van der Waals surface area contributed by atoms with Gasteiger partial charge in [0.25, 0.3) is 0 Å². The molecular weight excluding hydrogens is 294 g/mol. The monoisotopic (exact) mass is 321 g/mol. The van der Waals surface area contributed by atoms with Gasteiger partial charge in [0.15, 0.2) is 0 Å². The number of carbonyl (C=O) groups is 1. The average molecular weight is 321 g/mol.